The van der Waals surface area contributed by atoms with Crippen molar-refractivity contribution in [3.05, 3.63) is 53.6 Å². The summed E-state index contributed by atoms with van der Waals surface area (Å²) in [6.45, 7) is 5.24. The van der Waals surface area contributed by atoms with Gasteiger partial charge in [-0.25, -0.2) is 0 Å². The first-order valence-electron chi connectivity index (χ1n) is 10.3. The number of nitrogens with zero attached hydrogens (tertiary/aromatic N) is 1. The van der Waals surface area contributed by atoms with E-state index in [0.29, 0.717) is 25.4 Å². The first-order valence-corrected chi connectivity index (χ1v) is 10.3. The zero-order valence-corrected chi connectivity index (χ0v) is 17.3. The number of hydrogen-bond donors (Lipinski definition) is 2. The van der Waals surface area contributed by atoms with Gasteiger partial charge in [-0.3, -0.25) is 9.59 Å². The second-order valence-corrected chi connectivity index (χ2v) is 7.92. The number of ether oxygens (including phenoxy) is 2. The van der Waals surface area contributed by atoms with Crippen LogP contribution in [0.3, 0.4) is 0 Å². The highest BCUT2D eigenvalue weighted by Crippen LogP contribution is 2.38. The second kappa shape index (κ2) is 8.26. The van der Waals surface area contributed by atoms with Crippen molar-refractivity contribution in [1.82, 2.24) is 5.32 Å². The topological polar surface area (TPSA) is 93.9 Å². The Balaban J connectivity index is 1.47. The van der Waals surface area contributed by atoms with Crippen LogP contribution < -0.4 is 25.4 Å². The van der Waals surface area contributed by atoms with E-state index in [2.05, 4.69) is 5.32 Å². The van der Waals surface area contributed by atoms with Crippen molar-refractivity contribution >= 4 is 17.5 Å². The molecule has 30 heavy (non-hydrogen) atoms. The molecule has 0 saturated carbocycles. The normalized spacial score (nSPS) is 20.8. The van der Waals surface area contributed by atoms with Crippen LogP contribution >= 0.6 is 0 Å². The molecule has 0 fully saturated rings. The molecule has 2 aliphatic heterocycles. The molecule has 2 aliphatic rings. The molecule has 2 aromatic rings. The highest BCUT2D eigenvalue weighted by Gasteiger charge is 2.33. The molecule has 158 valence electrons. The first kappa shape index (κ1) is 20.1. The summed E-state index contributed by atoms with van der Waals surface area (Å²) in [4.78, 5) is 26.8. The van der Waals surface area contributed by atoms with Gasteiger partial charge in [0.1, 0.15) is 13.2 Å². The minimum absolute atomic E-state index is 0.0211. The fourth-order valence-corrected chi connectivity index (χ4v) is 4.24. The minimum atomic E-state index is -0.328. The third-order valence-electron chi connectivity index (χ3n) is 5.83. The van der Waals surface area contributed by atoms with Gasteiger partial charge >= 0.3 is 0 Å². The van der Waals surface area contributed by atoms with Crippen molar-refractivity contribution in [2.45, 2.75) is 38.3 Å². The van der Waals surface area contributed by atoms with Crippen molar-refractivity contribution in [3.8, 4) is 11.5 Å². The van der Waals surface area contributed by atoms with Crippen LogP contribution in [0.5, 0.6) is 11.5 Å². The van der Waals surface area contributed by atoms with Gasteiger partial charge in [0.2, 0.25) is 11.8 Å². The largest absolute Gasteiger partial charge is 0.486 e. The number of rotatable bonds is 5. The molecule has 3 N–H and O–H groups in total. The quantitative estimate of drug-likeness (QED) is 0.791. The van der Waals surface area contributed by atoms with E-state index < -0.39 is 0 Å². The zero-order chi connectivity index (χ0) is 21.3. The van der Waals surface area contributed by atoms with Gasteiger partial charge in [-0.1, -0.05) is 24.3 Å². The highest BCUT2D eigenvalue weighted by atomic mass is 16.6. The summed E-state index contributed by atoms with van der Waals surface area (Å²) in [7, 11) is 0. The lowest BCUT2D eigenvalue weighted by molar-refractivity contribution is -0.120. The summed E-state index contributed by atoms with van der Waals surface area (Å²) >= 11 is 0. The van der Waals surface area contributed by atoms with E-state index in [0.717, 1.165) is 22.6 Å². The van der Waals surface area contributed by atoms with Gasteiger partial charge in [0.15, 0.2) is 11.5 Å². The van der Waals surface area contributed by atoms with Crippen LogP contribution in [-0.4, -0.2) is 37.6 Å². The number of nitrogens with two attached hydrogens (primary N) is 1. The molecule has 0 aromatic heterocycles. The molecule has 2 amide bonds. The number of benzene rings is 2. The van der Waals surface area contributed by atoms with Crippen LogP contribution in [-0.2, 0) is 9.59 Å². The van der Waals surface area contributed by atoms with Crippen LogP contribution in [0.4, 0.5) is 5.69 Å². The molecule has 7 nitrogen and oxygen atoms in total. The van der Waals surface area contributed by atoms with Crippen molar-refractivity contribution in [1.29, 1.82) is 0 Å². The molecule has 0 bridgehead atoms. The fraction of sp³-hybridized carbons (Fsp3) is 0.391. The summed E-state index contributed by atoms with van der Waals surface area (Å²) in [5, 5.41) is 3.07. The SMILES string of the molecule is C[C@H](NC(=O)CN1c2ccccc2[C@@H](C(N)=O)C[C@H]1C)c1ccc2c(c1)OCCO2. The van der Waals surface area contributed by atoms with Crippen LogP contribution in [0, 0.1) is 0 Å². The lowest BCUT2D eigenvalue weighted by Gasteiger charge is -2.39. The Morgan fingerprint density at radius 1 is 1.17 bits per heavy atom. The molecule has 0 radical (unpaired) electrons. The number of carbonyl (C=O) groups excluding carboxylic acids is 2. The van der Waals surface area contributed by atoms with Crippen molar-refractivity contribution in [3.63, 3.8) is 0 Å². The van der Waals surface area contributed by atoms with E-state index in [1.54, 1.807) is 0 Å². The minimum Gasteiger partial charge on any atom is -0.486 e. The fourth-order valence-electron chi connectivity index (χ4n) is 4.24. The average Bonchev–Trinajstić information content (AvgIpc) is 2.75. The van der Waals surface area contributed by atoms with Gasteiger partial charge in [-0.05, 0) is 49.6 Å². The predicted octanol–water partition coefficient (Wildman–Crippen LogP) is 2.50. The molecule has 2 aromatic carbocycles. The number of carbonyl (C=O) groups is 2. The van der Waals surface area contributed by atoms with Gasteiger partial charge in [-0.15, -0.1) is 0 Å². The number of nitrogens with one attached hydrogen (secondary N) is 1. The highest BCUT2D eigenvalue weighted by molar-refractivity contribution is 5.87. The van der Waals surface area contributed by atoms with Gasteiger partial charge in [-0.2, -0.15) is 0 Å². The van der Waals surface area contributed by atoms with E-state index in [1.165, 1.54) is 0 Å². The molecule has 0 aliphatic carbocycles. The summed E-state index contributed by atoms with van der Waals surface area (Å²) in [5.41, 5.74) is 8.34. The second-order valence-electron chi connectivity index (χ2n) is 7.92. The Morgan fingerprint density at radius 2 is 1.90 bits per heavy atom. The predicted molar refractivity (Wildman–Crippen MR) is 114 cm³/mol. The summed E-state index contributed by atoms with van der Waals surface area (Å²) in [6.07, 6.45) is 0.595. The zero-order valence-electron chi connectivity index (χ0n) is 17.3. The summed E-state index contributed by atoms with van der Waals surface area (Å²) < 4.78 is 11.2. The number of fused-ring (bicyclic) bond motifs is 2. The maximum Gasteiger partial charge on any atom is 0.240 e. The lowest BCUT2D eigenvalue weighted by atomic mass is 9.85. The first-order chi connectivity index (χ1) is 14.4. The Kier molecular flexibility index (Phi) is 5.53. The van der Waals surface area contributed by atoms with Crippen LogP contribution in [0.1, 0.15) is 43.4 Å². The van der Waals surface area contributed by atoms with E-state index in [-0.39, 0.29) is 36.4 Å². The molecule has 0 saturated heterocycles. The van der Waals surface area contributed by atoms with E-state index in [4.69, 9.17) is 15.2 Å². The number of anilines is 1. The van der Waals surface area contributed by atoms with Gasteiger partial charge in [0.25, 0.3) is 0 Å². The molecule has 3 atom stereocenters. The average molecular weight is 409 g/mol. The Bertz CT molecular complexity index is 961. The van der Waals surface area contributed by atoms with Crippen LogP contribution in [0.25, 0.3) is 0 Å². The molecule has 0 spiro atoms. The Morgan fingerprint density at radius 3 is 2.67 bits per heavy atom. The van der Waals surface area contributed by atoms with E-state index in [9.17, 15) is 9.59 Å². The number of amides is 2. The standard InChI is InChI=1S/C23H27N3O4/c1-14-11-18(23(24)28)17-5-3-4-6-19(17)26(14)13-22(27)25-15(2)16-7-8-20-21(12-16)30-10-9-29-20/h3-8,12,14-15,18H,9-11,13H2,1-2H3,(H2,24,28)(H,25,27)/t14-,15+,18+/m1/s1. The Hall–Kier alpha value is -3.22. The van der Waals surface area contributed by atoms with Crippen LogP contribution in [0.2, 0.25) is 0 Å². The molecule has 0 unspecified atom stereocenters. The van der Waals surface area contributed by atoms with Gasteiger partial charge in [0, 0.05) is 11.7 Å². The van der Waals surface area contributed by atoms with Crippen molar-refractivity contribution < 1.29 is 19.1 Å². The molecular formula is C23H27N3O4. The molecule has 4 rings (SSSR count). The maximum absolute atomic E-state index is 12.9. The summed E-state index contributed by atoms with van der Waals surface area (Å²) in [6, 6.07) is 13.2. The lowest BCUT2D eigenvalue weighted by Crippen LogP contribution is -2.47. The third-order valence-corrected chi connectivity index (χ3v) is 5.83. The molecule has 7 heteroatoms. The van der Waals surface area contributed by atoms with Crippen LogP contribution in [0.15, 0.2) is 42.5 Å². The monoisotopic (exact) mass is 409 g/mol. The van der Waals surface area contributed by atoms with Gasteiger partial charge < -0.3 is 25.4 Å². The third kappa shape index (κ3) is 3.92. The number of hydrogen-bond acceptors (Lipinski definition) is 5. The number of para-hydroxylation sites is 1. The van der Waals surface area contributed by atoms with Crippen molar-refractivity contribution in [2.24, 2.45) is 5.73 Å². The van der Waals surface area contributed by atoms with E-state index >= 15 is 0 Å². The molecular weight excluding hydrogens is 382 g/mol. The maximum atomic E-state index is 12.9. The Labute approximate surface area is 176 Å². The smallest absolute Gasteiger partial charge is 0.240 e. The summed E-state index contributed by atoms with van der Waals surface area (Å²) in [5.74, 6) is 0.691. The van der Waals surface area contributed by atoms with Gasteiger partial charge in [0.05, 0.1) is 18.5 Å². The van der Waals surface area contributed by atoms with Crippen molar-refractivity contribution in [2.75, 3.05) is 24.7 Å². The molecule has 2 heterocycles. The van der Waals surface area contributed by atoms with E-state index in [1.807, 2.05) is 61.2 Å². The number of primary amides is 1.